The van der Waals surface area contributed by atoms with Crippen molar-refractivity contribution in [3.05, 3.63) is 71.1 Å². The zero-order valence-corrected chi connectivity index (χ0v) is 13.7. The van der Waals surface area contributed by atoms with Crippen molar-refractivity contribution in [1.82, 2.24) is 0 Å². The second-order valence-electron chi connectivity index (χ2n) is 4.96. The Bertz CT molecular complexity index is 799. The van der Waals surface area contributed by atoms with Crippen molar-refractivity contribution < 1.29 is 14.3 Å². The lowest BCUT2D eigenvalue weighted by Crippen LogP contribution is -2.00. The number of carbonyl (C=O) groups excluding carboxylic acids is 1. The lowest BCUT2D eigenvalue weighted by atomic mass is 10.1. The molecule has 0 atom stereocenters. The van der Waals surface area contributed by atoms with Crippen LogP contribution in [-0.2, 0) is 0 Å². The number of rotatable bonds is 5. The largest absolute Gasteiger partial charge is 0.497 e. The molecular formula is C19H16O3S. The maximum atomic E-state index is 12.7. The van der Waals surface area contributed by atoms with Gasteiger partial charge in [0.15, 0.2) is 0 Å². The third kappa shape index (κ3) is 3.27. The first-order valence-corrected chi connectivity index (χ1v) is 7.96. The van der Waals surface area contributed by atoms with Gasteiger partial charge in [0.25, 0.3) is 0 Å². The molecule has 3 nitrogen and oxygen atoms in total. The predicted octanol–water partition coefficient (Wildman–Crippen LogP) is 4.66. The van der Waals surface area contributed by atoms with E-state index in [1.165, 1.54) is 11.3 Å². The number of methoxy groups -OCH3 is 2. The summed E-state index contributed by atoms with van der Waals surface area (Å²) >= 11 is 1.48. The molecule has 0 aliphatic heterocycles. The van der Waals surface area contributed by atoms with E-state index in [0.29, 0.717) is 21.9 Å². The zero-order valence-electron chi connectivity index (χ0n) is 12.9. The lowest BCUT2D eigenvalue weighted by molar-refractivity contribution is 0.104. The minimum absolute atomic E-state index is 0.0330. The molecule has 0 saturated carbocycles. The topological polar surface area (TPSA) is 35.5 Å². The van der Waals surface area contributed by atoms with E-state index in [1.807, 2.05) is 42.5 Å². The summed E-state index contributed by atoms with van der Waals surface area (Å²) in [6.45, 7) is 0. The number of hydrogen-bond donors (Lipinski definition) is 0. The van der Waals surface area contributed by atoms with Gasteiger partial charge < -0.3 is 9.47 Å². The Kier molecular flexibility index (Phi) is 4.44. The number of ketones is 1. The van der Waals surface area contributed by atoms with E-state index in [0.717, 1.165) is 10.4 Å². The van der Waals surface area contributed by atoms with E-state index in [-0.39, 0.29) is 5.78 Å². The first-order chi connectivity index (χ1) is 11.2. The molecule has 2 aromatic carbocycles. The van der Waals surface area contributed by atoms with Crippen LogP contribution in [0.1, 0.15) is 15.2 Å². The second kappa shape index (κ2) is 6.67. The summed E-state index contributed by atoms with van der Waals surface area (Å²) in [6, 6.07) is 19.1. The molecule has 0 spiro atoms. The van der Waals surface area contributed by atoms with Crippen molar-refractivity contribution in [3.8, 4) is 21.9 Å². The summed E-state index contributed by atoms with van der Waals surface area (Å²) < 4.78 is 10.5. The zero-order chi connectivity index (χ0) is 16.2. The monoisotopic (exact) mass is 324 g/mol. The van der Waals surface area contributed by atoms with Crippen molar-refractivity contribution in [3.63, 3.8) is 0 Å². The predicted molar refractivity (Wildman–Crippen MR) is 92.7 cm³/mol. The van der Waals surface area contributed by atoms with Gasteiger partial charge in [-0.2, -0.15) is 0 Å². The fraction of sp³-hybridized carbons (Fsp3) is 0.105. The lowest BCUT2D eigenvalue weighted by Gasteiger charge is -2.07. The Balaban J connectivity index is 1.94. The van der Waals surface area contributed by atoms with Crippen LogP contribution in [0.4, 0.5) is 0 Å². The molecule has 0 amide bonds. The van der Waals surface area contributed by atoms with Gasteiger partial charge in [-0.15, -0.1) is 11.3 Å². The Labute approximate surface area is 139 Å². The molecule has 0 aliphatic rings. The van der Waals surface area contributed by atoms with E-state index in [1.54, 1.807) is 32.4 Å². The van der Waals surface area contributed by atoms with Crippen LogP contribution in [0.25, 0.3) is 10.4 Å². The minimum atomic E-state index is -0.0330. The molecule has 4 heteroatoms. The van der Waals surface area contributed by atoms with Crippen LogP contribution in [-0.4, -0.2) is 20.0 Å². The summed E-state index contributed by atoms with van der Waals surface area (Å²) in [5, 5.41) is 0. The standard InChI is InChI=1S/C19H16O3S/c1-21-15-10-14(11-16(12-15)22-2)19(20)18-9-8-17(23-18)13-6-4-3-5-7-13/h3-12H,1-2H3. The van der Waals surface area contributed by atoms with Gasteiger partial charge in [0.05, 0.1) is 19.1 Å². The van der Waals surface area contributed by atoms with Gasteiger partial charge in [0, 0.05) is 16.5 Å². The van der Waals surface area contributed by atoms with Crippen LogP contribution >= 0.6 is 11.3 Å². The highest BCUT2D eigenvalue weighted by Crippen LogP contribution is 2.31. The fourth-order valence-corrected chi connectivity index (χ4v) is 3.27. The van der Waals surface area contributed by atoms with Crippen LogP contribution in [0, 0.1) is 0 Å². The molecule has 23 heavy (non-hydrogen) atoms. The van der Waals surface area contributed by atoms with E-state index in [4.69, 9.17) is 9.47 Å². The van der Waals surface area contributed by atoms with Crippen molar-refractivity contribution in [2.24, 2.45) is 0 Å². The van der Waals surface area contributed by atoms with Crippen LogP contribution < -0.4 is 9.47 Å². The number of carbonyl (C=O) groups is 1. The highest BCUT2D eigenvalue weighted by Gasteiger charge is 2.15. The summed E-state index contributed by atoms with van der Waals surface area (Å²) in [5.74, 6) is 1.18. The minimum Gasteiger partial charge on any atom is -0.497 e. The second-order valence-corrected chi connectivity index (χ2v) is 6.04. The number of ether oxygens (including phenoxy) is 2. The van der Waals surface area contributed by atoms with E-state index < -0.39 is 0 Å². The van der Waals surface area contributed by atoms with E-state index >= 15 is 0 Å². The van der Waals surface area contributed by atoms with Gasteiger partial charge >= 0.3 is 0 Å². The number of thiophene rings is 1. The highest BCUT2D eigenvalue weighted by atomic mass is 32.1. The number of hydrogen-bond acceptors (Lipinski definition) is 4. The molecule has 0 N–H and O–H groups in total. The van der Waals surface area contributed by atoms with Gasteiger partial charge in [-0.3, -0.25) is 4.79 Å². The number of benzene rings is 2. The fourth-order valence-electron chi connectivity index (χ4n) is 2.30. The molecule has 3 rings (SSSR count). The first kappa shape index (κ1) is 15.3. The molecule has 0 unspecified atom stereocenters. The Morgan fingerprint density at radius 2 is 1.52 bits per heavy atom. The smallest absolute Gasteiger partial charge is 0.203 e. The van der Waals surface area contributed by atoms with E-state index in [9.17, 15) is 4.79 Å². The highest BCUT2D eigenvalue weighted by molar-refractivity contribution is 7.17. The summed E-state index contributed by atoms with van der Waals surface area (Å²) in [6.07, 6.45) is 0. The Hall–Kier alpha value is -2.59. The molecule has 116 valence electrons. The first-order valence-electron chi connectivity index (χ1n) is 7.14. The summed E-state index contributed by atoms with van der Waals surface area (Å²) in [7, 11) is 3.14. The molecular weight excluding hydrogens is 308 g/mol. The molecule has 1 aromatic heterocycles. The normalized spacial score (nSPS) is 10.3. The molecule has 3 aromatic rings. The molecule has 1 heterocycles. The molecule has 0 radical (unpaired) electrons. The molecule has 0 aliphatic carbocycles. The van der Waals surface area contributed by atoms with Crippen molar-refractivity contribution >= 4 is 17.1 Å². The molecule has 0 saturated heterocycles. The Morgan fingerprint density at radius 3 is 2.13 bits per heavy atom. The molecule has 0 bridgehead atoms. The van der Waals surface area contributed by atoms with Crippen LogP contribution in [0.15, 0.2) is 60.7 Å². The Morgan fingerprint density at radius 1 is 0.870 bits per heavy atom. The molecule has 0 fully saturated rings. The van der Waals surface area contributed by atoms with Crippen LogP contribution in [0.2, 0.25) is 0 Å². The van der Waals surface area contributed by atoms with Crippen LogP contribution in [0.5, 0.6) is 11.5 Å². The van der Waals surface area contributed by atoms with Crippen molar-refractivity contribution in [2.75, 3.05) is 14.2 Å². The van der Waals surface area contributed by atoms with Gasteiger partial charge in [-0.05, 0) is 29.8 Å². The average molecular weight is 324 g/mol. The SMILES string of the molecule is COc1cc(OC)cc(C(=O)c2ccc(-c3ccccc3)s2)c1. The summed E-state index contributed by atoms with van der Waals surface area (Å²) in [5.41, 5.74) is 1.67. The van der Waals surface area contributed by atoms with Crippen molar-refractivity contribution in [2.45, 2.75) is 0 Å². The van der Waals surface area contributed by atoms with Gasteiger partial charge in [-0.25, -0.2) is 0 Å². The summed E-state index contributed by atoms with van der Waals surface area (Å²) in [4.78, 5) is 14.5. The van der Waals surface area contributed by atoms with E-state index in [2.05, 4.69) is 0 Å². The third-order valence-electron chi connectivity index (χ3n) is 3.50. The van der Waals surface area contributed by atoms with Gasteiger partial charge in [0.2, 0.25) is 5.78 Å². The third-order valence-corrected chi connectivity index (χ3v) is 4.63. The van der Waals surface area contributed by atoms with Crippen molar-refractivity contribution in [1.29, 1.82) is 0 Å². The average Bonchev–Trinajstić information content (AvgIpc) is 3.11. The quantitative estimate of drug-likeness (QED) is 0.640. The maximum absolute atomic E-state index is 12.7. The van der Waals surface area contributed by atoms with Gasteiger partial charge in [-0.1, -0.05) is 30.3 Å². The maximum Gasteiger partial charge on any atom is 0.203 e. The van der Waals surface area contributed by atoms with Crippen LogP contribution in [0.3, 0.4) is 0 Å². The van der Waals surface area contributed by atoms with Gasteiger partial charge in [0.1, 0.15) is 11.5 Å².